The number of amides is 1. The van der Waals surface area contributed by atoms with E-state index in [-0.39, 0.29) is 31.7 Å². The summed E-state index contributed by atoms with van der Waals surface area (Å²) in [6, 6.07) is 2.62. The second-order valence-electron chi connectivity index (χ2n) is 6.12. The number of carbonyl (C=O) groups is 1. The average molecular weight is 377 g/mol. The molecule has 0 aromatic heterocycles. The van der Waals surface area contributed by atoms with Crippen LogP contribution >= 0.6 is 0 Å². The van der Waals surface area contributed by atoms with Crippen molar-refractivity contribution in [3.8, 4) is 5.75 Å². The van der Waals surface area contributed by atoms with E-state index < -0.39 is 30.5 Å². The number of ether oxygens (including phenoxy) is 1. The number of rotatable bonds is 7. The average Bonchev–Trinajstić information content (AvgIpc) is 2.60. The lowest BCUT2D eigenvalue weighted by Gasteiger charge is -2.35. The number of halogens is 4. The maximum atomic E-state index is 13.6. The topological polar surface area (TPSA) is 53.6 Å². The molecule has 1 atom stereocenters. The van der Waals surface area contributed by atoms with Crippen LogP contribution in [0, 0.1) is 5.82 Å². The maximum Gasteiger partial charge on any atom is 0.405 e. The lowest BCUT2D eigenvalue weighted by molar-refractivity contribution is -0.184. The molecule has 1 unspecified atom stereocenters. The first-order chi connectivity index (χ1) is 12.3. The molecule has 1 saturated heterocycles. The van der Waals surface area contributed by atoms with Crippen LogP contribution in [-0.4, -0.2) is 62.9 Å². The van der Waals surface area contributed by atoms with Gasteiger partial charge in [0.05, 0.1) is 7.11 Å². The third kappa shape index (κ3) is 5.84. The van der Waals surface area contributed by atoms with Gasteiger partial charge in [0, 0.05) is 39.1 Å². The zero-order valence-corrected chi connectivity index (χ0v) is 14.5. The van der Waals surface area contributed by atoms with Crippen molar-refractivity contribution in [2.45, 2.75) is 25.1 Å². The first-order valence-electron chi connectivity index (χ1n) is 8.42. The molecule has 0 bridgehead atoms. The molecule has 5 nitrogen and oxygen atoms in total. The predicted octanol–water partition coefficient (Wildman–Crippen LogP) is 1.72. The van der Waals surface area contributed by atoms with Gasteiger partial charge < -0.3 is 15.4 Å². The van der Waals surface area contributed by atoms with Crippen LogP contribution in [0.25, 0.3) is 0 Å². The fourth-order valence-corrected chi connectivity index (χ4v) is 2.87. The van der Waals surface area contributed by atoms with Gasteiger partial charge in [-0.2, -0.15) is 13.2 Å². The van der Waals surface area contributed by atoms with E-state index in [1.54, 1.807) is 6.07 Å². The lowest BCUT2D eigenvalue weighted by atomic mass is 10.1. The maximum absolute atomic E-state index is 13.6. The summed E-state index contributed by atoms with van der Waals surface area (Å²) in [5.41, 5.74) is 0.577. The molecule has 26 heavy (non-hydrogen) atoms. The molecule has 0 spiro atoms. The van der Waals surface area contributed by atoms with E-state index in [1.165, 1.54) is 24.1 Å². The highest BCUT2D eigenvalue weighted by Gasteiger charge is 2.43. The first-order valence-corrected chi connectivity index (χ1v) is 8.42. The normalized spacial score (nSPS) is 17.0. The Kier molecular flexibility index (Phi) is 7.22. The molecule has 1 aromatic rings. The van der Waals surface area contributed by atoms with Crippen molar-refractivity contribution in [1.82, 2.24) is 15.5 Å². The number of methoxy groups -OCH3 is 1. The monoisotopic (exact) mass is 377 g/mol. The van der Waals surface area contributed by atoms with E-state index in [9.17, 15) is 22.4 Å². The van der Waals surface area contributed by atoms with Gasteiger partial charge in [-0.15, -0.1) is 0 Å². The number of nitrogens with zero attached hydrogens (tertiary/aromatic N) is 1. The molecule has 1 aliphatic heterocycles. The van der Waals surface area contributed by atoms with E-state index in [1.807, 2.05) is 0 Å². The molecule has 9 heteroatoms. The van der Waals surface area contributed by atoms with Gasteiger partial charge in [0.1, 0.15) is 6.04 Å². The van der Waals surface area contributed by atoms with Gasteiger partial charge >= 0.3 is 6.18 Å². The van der Waals surface area contributed by atoms with Crippen molar-refractivity contribution in [2.75, 3.05) is 39.8 Å². The molecule has 146 valence electrons. The number of alkyl halides is 3. The van der Waals surface area contributed by atoms with Gasteiger partial charge in [-0.05, 0) is 24.1 Å². The highest BCUT2D eigenvalue weighted by molar-refractivity contribution is 5.76. The van der Waals surface area contributed by atoms with Crippen LogP contribution in [0.15, 0.2) is 18.2 Å². The van der Waals surface area contributed by atoms with Crippen LogP contribution in [0.5, 0.6) is 5.75 Å². The van der Waals surface area contributed by atoms with Crippen molar-refractivity contribution in [1.29, 1.82) is 0 Å². The molecular weight excluding hydrogens is 354 g/mol. The fraction of sp³-hybridized carbons (Fsp3) is 0.588. The van der Waals surface area contributed by atoms with Crippen molar-refractivity contribution < 1.29 is 27.1 Å². The van der Waals surface area contributed by atoms with Gasteiger partial charge in [0.2, 0.25) is 5.91 Å². The largest absolute Gasteiger partial charge is 0.494 e. The molecule has 2 N–H and O–H groups in total. The second-order valence-corrected chi connectivity index (χ2v) is 6.12. The minimum absolute atomic E-state index is 0.0160. The van der Waals surface area contributed by atoms with Crippen LogP contribution in [0.4, 0.5) is 17.6 Å². The van der Waals surface area contributed by atoms with Crippen LogP contribution in [0.3, 0.4) is 0 Å². The lowest BCUT2D eigenvalue weighted by Crippen LogP contribution is -2.57. The number of piperazine rings is 1. The summed E-state index contributed by atoms with van der Waals surface area (Å²) >= 11 is 0. The quantitative estimate of drug-likeness (QED) is 0.711. The van der Waals surface area contributed by atoms with Gasteiger partial charge in [0.15, 0.2) is 11.6 Å². The third-order valence-electron chi connectivity index (χ3n) is 4.32. The Balaban J connectivity index is 1.84. The molecule has 0 saturated carbocycles. The van der Waals surface area contributed by atoms with Crippen LogP contribution < -0.4 is 15.4 Å². The van der Waals surface area contributed by atoms with Gasteiger partial charge in [0.25, 0.3) is 0 Å². The highest BCUT2D eigenvalue weighted by Crippen LogP contribution is 2.25. The smallest absolute Gasteiger partial charge is 0.405 e. The summed E-state index contributed by atoms with van der Waals surface area (Å²) in [5, 5.41) is 5.36. The van der Waals surface area contributed by atoms with E-state index in [0.29, 0.717) is 18.7 Å². The third-order valence-corrected chi connectivity index (χ3v) is 4.32. The minimum Gasteiger partial charge on any atom is -0.494 e. The van der Waals surface area contributed by atoms with E-state index in [0.717, 1.165) is 0 Å². The van der Waals surface area contributed by atoms with Crippen LogP contribution in [0.1, 0.15) is 12.0 Å². The number of carbonyl (C=O) groups excluding carboxylic acids is 1. The Bertz CT molecular complexity index is 604. The Hall–Kier alpha value is -1.87. The summed E-state index contributed by atoms with van der Waals surface area (Å²) < 4.78 is 58.2. The van der Waals surface area contributed by atoms with Crippen molar-refractivity contribution in [3.63, 3.8) is 0 Å². The summed E-state index contributed by atoms with van der Waals surface area (Å²) in [5.74, 6) is -0.936. The molecule has 1 fully saturated rings. The SMILES string of the molecule is COc1ccc(CCC(=O)NCC(N2CCNCC2)C(F)(F)F)cc1F. The number of benzene rings is 1. The van der Waals surface area contributed by atoms with E-state index >= 15 is 0 Å². The van der Waals surface area contributed by atoms with Crippen LogP contribution in [-0.2, 0) is 11.2 Å². The van der Waals surface area contributed by atoms with Crippen LogP contribution in [0.2, 0.25) is 0 Å². The van der Waals surface area contributed by atoms with E-state index in [4.69, 9.17) is 4.74 Å². The Morgan fingerprint density at radius 3 is 2.62 bits per heavy atom. The second kappa shape index (κ2) is 9.18. The van der Waals surface area contributed by atoms with Crippen molar-refractivity contribution >= 4 is 5.91 Å². The number of aryl methyl sites for hydroxylation is 1. The first kappa shape index (κ1) is 20.4. The van der Waals surface area contributed by atoms with Crippen molar-refractivity contribution in [2.24, 2.45) is 0 Å². The molecule has 0 aliphatic carbocycles. The molecule has 1 amide bonds. The Labute approximate surface area is 149 Å². The Morgan fingerprint density at radius 1 is 1.35 bits per heavy atom. The molecule has 0 radical (unpaired) electrons. The predicted molar refractivity (Wildman–Crippen MR) is 88.6 cm³/mol. The molecule has 2 rings (SSSR count). The molecule has 1 aliphatic rings. The summed E-state index contributed by atoms with van der Waals surface area (Å²) in [7, 11) is 1.35. The molecular formula is C17H23F4N3O2. The fourth-order valence-electron chi connectivity index (χ4n) is 2.87. The number of hydrogen-bond acceptors (Lipinski definition) is 4. The number of hydrogen-bond donors (Lipinski definition) is 2. The van der Waals surface area contributed by atoms with Gasteiger partial charge in [-0.1, -0.05) is 6.07 Å². The highest BCUT2D eigenvalue weighted by atomic mass is 19.4. The molecule has 1 heterocycles. The zero-order chi connectivity index (χ0) is 19.2. The summed E-state index contributed by atoms with van der Waals surface area (Å²) in [6.45, 7) is 1.06. The van der Waals surface area contributed by atoms with Crippen molar-refractivity contribution in [3.05, 3.63) is 29.6 Å². The summed E-state index contributed by atoms with van der Waals surface area (Å²) in [6.07, 6.45) is -4.20. The number of nitrogens with one attached hydrogen (secondary N) is 2. The zero-order valence-electron chi connectivity index (χ0n) is 14.5. The Morgan fingerprint density at radius 2 is 2.04 bits per heavy atom. The summed E-state index contributed by atoms with van der Waals surface area (Å²) in [4.78, 5) is 13.2. The molecule has 1 aromatic carbocycles. The van der Waals surface area contributed by atoms with Gasteiger partial charge in [-0.3, -0.25) is 9.69 Å². The van der Waals surface area contributed by atoms with E-state index in [2.05, 4.69) is 10.6 Å². The van der Waals surface area contributed by atoms with Gasteiger partial charge in [-0.25, -0.2) is 4.39 Å². The standard InChI is InChI=1S/C17H23F4N3O2/c1-26-14-4-2-12(10-13(14)18)3-5-16(25)23-11-15(17(19,20)21)24-8-6-22-7-9-24/h2,4,10,15,22H,3,5-9,11H2,1H3,(H,23,25). The minimum atomic E-state index is -4.41.